The van der Waals surface area contributed by atoms with Gasteiger partial charge in [-0.3, -0.25) is 0 Å². The van der Waals surface area contributed by atoms with Gasteiger partial charge in [-0.15, -0.1) is 0 Å². The maximum atomic E-state index is 5.52. The number of rotatable bonds is 3. The van der Waals surface area contributed by atoms with Crippen molar-refractivity contribution in [2.75, 3.05) is 26.2 Å². The van der Waals surface area contributed by atoms with Gasteiger partial charge in [-0.1, -0.05) is 5.16 Å². The molecule has 0 radical (unpaired) electrons. The van der Waals surface area contributed by atoms with Crippen molar-refractivity contribution in [3.05, 3.63) is 0 Å². The molecule has 1 heterocycles. The largest absolute Gasteiger partial charge is 0.396 e. The molecule has 1 aliphatic rings. The summed E-state index contributed by atoms with van der Waals surface area (Å²) >= 11 is 0. The molecule has 0 aromatic rings. The molecule has 0 bridgehead atoms. The van der Waals surface area contributed by atoms with Crippen LogP contribution in [-0.4, -0.2) is 32.0 Å². The van der Waals surface area contributed by atoms with Crippen molar-refractivity contribution in [2.24, 2.45) is 16.8 Å². The Labute approximate surface area is 66.8 Å². The smallest absolute Gasteiger partial charge is 0.114 e. The molecule has 3 N–H and O–H groups in total. The van der Waals surface area contributed by atoms with Crippen molar-refractivity contribution in [2.45, 2.75) is 6.92 Å². The van der Waals surface area contributed by atoms with E-state index >= 15 is 0 Å². The van der Waals surface area contributed by atoms with Gasteiger partial charge in [0.1, 0.15) is 6.61 Å². The second kappa shape index (κ2) is 4.31. The van der Waals surface area contributed by atoms with Crippen molar-refractivity contribution in [3.63, 3.8) is 0 Å². The lowest BCUT2D eigenvalue weighted by Crippen LogP contribution is -2.22. The monoisotopic (exact) mass is 157 g/mol. The highest BCUT2D eigenvalue weighted by molar-refractivity contribution is 5.90. The van der Waals surface area contributed by atoms with E-state index in [-0.39, 0.29) is 0 Å². The van der Waals surface area contributed by atoms with E-state index in [2.05, 4.69) is 10.5 Å². The number of oxime groups is 1. The summed E-state index contributed by atoms with van der Waals surface area (Å²) in [6, 6.07) is 0. The highest BCUT2D eigenvalue weighted by Gasteiger charge is 2.20. The molecule has 11 heavy (non-hydrogen) atoms. The summed E-state index contributed by atoms with van der Waals surface area (Å²) < 4.78 is 0. The first kappa shape index (κ1) is 8.49. The van der Waals surface area contributed by atoms with Gasteiger partial charge in [0, 0.05) is 25.6 Å². The van der Waals surface area contributed by atoms with Gasteiger partial charge in [0.25, 0.3) is 0 Å². The maximum absolute atomic E-state index is 5.52. The second-order valence-electron chi connectivity index (χ2n) is 2.56. The van der Waals surface area contributed by atoms with Crippen molar-refractivity contribution in [1.82, 2.24) is 5.32 Å². The Morgan fingerprint density at radius 3 is 3.27 bits per heavy atom. The van der Waals surface area contributed by atoms with Crippen LogP contribution in [0.15, 0.2) is 5.16 Å². The molecule has 0 saturated carbocycles. The van der Waals surface area contributed by atoms with E-state index in [4.69, 9.17) is 10.6 Å². The first-order valence-electron chi connectivity index (χ1n) is 3.98. The highest BCUT2D eigenvalue weighted by Crippen LogP contribution is 2.03. The lowest BCUT2D eigenvalue weighted by Gasteiger charge is -2.04. The molecule has 0 aliphatic carbocycles. The molecule has 4 heteroatoms. The first-order valence-corrected chi connectivity index (χ1v) is 3.98. The zero-order valence-electron chi connectivity index (χ0n) is 6.84. The van der Waals surface area contributed by atoms with Crippen LogP contribution < -0.4 is 11.1 Å². The topological polar surface area (TPSA) is 59.6 Å². The Kier molecular flexibility index (Phi) is 3.32. The quantitative estimate of drug-likeness (QED) is 0.546. The molecular formula is C7H15N3O. The Morgan fingerprint density at radius 1 is 1.82 bits per heavy atom. The van der Waals surface area contributed by atoms with Crippen LogP contribution in [0, 0.1) is 5.92 Å². The van der Waals surface area contributed by atoms with Gasteiger partial charge in [0.2, 0.25) is 0 Å². The molecule has 4 nitrogen and oxygen atoms in total. The molecule has 1 aliphatic heterocycles. The molecule has 1 unspecified atom stereocenters. The third-order valence-corrected chi connectivity index (χ3v) is 1.76. The molecule has 1 fully saturated rings. The number of nitrogens with zero attached hydrogens (tertiary/aromatic N) is 1. The van der Waals surface area contributed by atoms with E-state index in [0.29, 0.717) is 19.1 Å². The third-order valence-electron chi connectivity index (χ3n) is 1.76. The van der Waals surface area contributed by atoms with Crippen LogP contribution in [0.2, 0.25) is 0 Å². The molecule has 0 aromatic carbocycles. The SMILES string of the molecule is CCO/N=C1\CNCC1CN. The van der Waals surface area contributed by atoms with E-state index < -0.39 is 0 Å². The third kappa shape index (κ3) is 2.17. The van der Waals surface area contributed by atoms with Crippen molar-refractivity contribution in [3.8, 4) is 0 Å². The van der Waals surface area contributed by atoms with Gasteiger partial charge >= 0.3 is 0 Å². The molecule has 1 atom stereocenters. The Hall–Kier alpha value is -0.610. The summed E-state index contributed by atoms with van der Waals surface area (Å²) in [6.07, 6.45) is 0. The number of nitrogens with one attached hydrogen (secondary N) is 1. The van der Waals surface area contributed by atoms with Gasteiger partial charge in [0.05, 0.1) is 5.71 Å². The molecule has 1 saturated heterocycles. The van der Waals surface area contributed by atoms with Crippen molar-refractivity contribution in [1.29, 1.82) is 0 Å². The summed E-state index contributed by atoms with van der Waals surface area (Å²) in [5, 5.41) is 7.16. The van der Waals surface area contributed by atoms with Gasteiger partial charge in [-0.05, 0) is 6.92 Å². The second-order valence-corrected chi connectivity index (χ2v) is 2.56. The summed E-state index contributed by atoms with van der Waals surface area (Å²) in [4.78, 5) is 4.94. The molecule has 0 amide bonds. The lowest BCUT2D eigenvalue weighted by molar-refractivity contribution is 0.157. The van der Waals surface area contributed by atoms with E-state index in [1.54, 1.807) is 0 Å². The predicted molar refractivity (Wildman–Crippen MR) is 44.5 cm³/mol. The minimum atomic E-state index is 0.376. The van der Waals surface area contributed by atoms with Crippen LogP contribution in [0.25, 0.3) is 0 Å². The summed E-state index contributed by atoms with van der Waals surface area (Å²) in [5.74, 6) is 0.376. The minimum Gasteiger partial charge on any atom is -0.396 e. The van der Waals surface area contributed by atoms with Crippen LogP contribution in [0.5, 0.6) is 0 Å². The van der Waals surface area contributed by atoms with Gasteiger partial charge < -0.3 is 15.9 Å². The summed E-state index contributed by atoms with van der Waals surface area (Å²) in [5.41, 5.74) is 6.57. The zero-order valence-corrected chi connectivity index (χ0v) is 6.84. The van der Waals surface area contributed by atoms with Gasteiger partial charge in [0.15, 0.2) is 0 Å². The standard InChI is InChI=1S/C7H15N3O/c1-2-11-10-7-5-9-4-6(7)3-8/h6,9H,2-5,8H2,1H3/b10-7+. The number of hydrogen-bond donors (Lipinski definition) is 2. The summed E-state index contributed by atoms with van der Waals surface area (Å²) in [7, 11) is 0. The van der Waals surface area contributed by atoms with Gasteiger partial charge in [-0.25, -0.2) is 0 Å². The normalized spacial score (nSPS) is 27.8. The number of hydrogen-bond acceptors (Lipinski definition) is 4. The van der Waals surface area contributed by atoms with E-state index in [1.165, 1.54) is 0 Å². The predicted octanol–water partition coefficient (Wildman–Crippen LogP) is -0.443. The van der Waals surface area contributed by atoms with Crippen LogP contribution in [0.1, 0.15) is 6.92 Å². The fraction of sp³-hybridized carbons (Fsp3) is 0.857. The van der Waals surface area contributed by atoms with E-state index in [1.807, 2.05) is 6.92 Å². The maximum Gasteiger partial charge on any atom is 0.114 e. The summed E-state index contributed by atoms with van der Waals surface area (Å²) in [6.45, 7) is 4.95. The molecule has 0 aromatic heterocycles. The van der Waals surface area contributed by atoms with Crippen LogP contribution in [0.3, 0.4) is 0 Å². The molecule has 0 spiro atoms. The number of nitrogens with two attached hydrogens (primary N) is 1. The average molecular weight is 157 g/mol. The highest BCUT2D eigenvalue weighted by atomic mass is 16.6. The first-order chi connectivity index (χ1) is 5.38. The molecule has 64 valence electrons. The lowest BCUT2D eigenvalue weighted by atomic mass is 10.1. The Morgan fingerprint density at radius 2 is 2.64 bits per heavy atom. The van der Waals surface area contributed by atoms with Crippen LogP contribution in [-0.2, 0) is 4.84 Å². The van der Waals surface area contributed by atoms with Gasteiger partial charge in [-0.2, -0.15) is 0 Å². The molecule has 1 rings (SSSR count). The fourth-order valence-corrected chi connectivity index (χ4v) is 1.11. The minimum absolute atomic E-state index is 0.376. The van der Waals surface area contributed by atoms with E-state index in [9.17, 15) is 0 Å². The molecular weight excluding hydrogens is 142 g/mol. The van der Waals surface area contributed by atoms with Crippen molar-refractivity contribution < 1.29 is 4.84 Å². The average Bonchev–Trinajstić information content (AvgIpc) is 2.47. The van der Waals surface area contributed by atoms with E-state index in [0.717, 1.165) is 18.8 Å². The Bertz CT molecular complexity index is 147. The fourth-order valence-electron chi connectivity index (χ4n) is 1.11. The van der Waals surface area contributed by atoms with Crippen molar-refractivity contribution >= 4 is 5.71 Å². The van der Waals surface area contributed by atoms with Crippen LogP contribution >= 0.6 is 0 Å². The van der Waals surface area contributed by atoms with Crippen LogP contribution in [0.4, 0.5) is 0 Å². The Balaban J connectivity index is 2.42. The zero-order chi connectivity index (χ0) is 8.10.